The van der Waals surface area contributed by atoms with Gasteiger partial charge in [0.2, 0.25) is 6.29 Å². The molecule has 1 atom stereocenters. The lowest BCUT2D eigenvalue weighted by molar-refractivity contribution is 0.451. The molecule has 0 rings (SSSR count). The number of hydrogen-bond donors (Lipinski definition) is 0. The molecule has 0 N–H and O–H groups in total. The predicted octanol–water partition coefficient (Wildman–Crippen LogP) is 12.6. The molecule has 1 unspecified atom stereocenters. The topological polar surface area (TPSA) is 17.1 Å². The van der Waals surface area contributed by atoms with E-state index >= 15 is 0 Å². The third kappa shape index (κ3) is 31.3. The van der Waals surface area contributed by atoms with Crippen molar-refractivity contribution in [1.29, 1.82) is 0 Å². The fraction of sp³-hybridized carbons (Fsp3) is 0.861. The Bertz CT molecular complexity index is 489. The van der Waals surface area contributed by atoms with Gasteiger partial charge in [0.1, 0.15) is 0 Å². The number of rotatable bonds is 30. The van der Waals surface area contributed by atoms with Gasteiger partial charge in [-0.05, 0) is 50.9 Å². The molecule has 0 heterocycles. The highest BCUT2D eigenvalue weighted by molar-refractivity contribution is 5.54. The van der Waals surface area contributed by atoms with Gasteiger partial charge in [0.15, 0.2) is 0 Å². The molecule has 0 aliphatic carbocycles. The largest absolute Gasteiger partial charge is 0.291 e. The zero-order chi connectivity index (χ0) is 27.1. The lowest BCUT2D eigenvalue weighted by atomic mass is 9.95. The van der Waals surface area contributed by atoms with Crippen LogP contribution >= 0.6 is 0 Å². The third-order valence-electron chi connectivity index (χ3n) is 7.75. The maximum absolute atomic E-state index is 11.3. The first-order chi connectivity index (χ1) is 18.2. The second-order valence-electron chi connectivity index (χ2n) is 12.0. The first-order valence-electron chi connectivity index (χ1n) is 16.9. The minimum absolute atomic E-state index is 0.189. The summed E-state index contributed by atoms with van der Waals surface area (Å²) >= 11 is 0. The highest BCUT2D eigenvalue weighted by Crippen LogP contribution is 2.18. The molecular formula is C36H67O. The van der Waals surface area contributed by atoms with Crippen LogP contribution in [0.4, 0.5) is 0 Å². The molecule has 0 amide bonds. The standard InChI is InChI=1S/C36H67O/c1-4-5-6-7-8-9-10-11-14-17-20-23-26-29-32-36(34-37)33-30-27-24-21-18-15-12-13-16-19-22-25-28-31-35(2)3/h8-9,11,14,35-36H,4-7,10,12-13,15-33H2,1-3H3/b9-8-,14-11-. The van der Waals surface area contributed by atoms with E-state index in [1.54, 1.807) is 0 Å². The summed E-state index contributed by atoms with van der Waals surface area (Å²) in [4.78, 5) is 11.3. The van der Waals surface area contributed by atoms with Crippen molar-refractivity contribution in [3.63, 3.8) is 0 Å². The number of carbonyl (C=O) groups excluding carboxylic acids is 1. The first kappa shape index (κ1) is 36.1. The number of hydrogen-bond acceptors (Lipinski definition) is 1. The third-order valence-corrected chi connectivity index (χ3v) is 7.75. The van der Waals surface area contributed by atoms with E-state index in [-0.39, 0.29) is 5.92 Å². The molecule has 1 heteroatoms. The SMILES string of the molecule is CCCCC/C=C\C/C=C\CCCCCCC([C]=O)CCCCCCCCCCCCCCCC(C)C. The molecule has 0 saturated heterocycles. The minimum Gasteiger partial charge on any atom is -0.291 e. The monoisotopic (exact) mass is 516 g/mol. The van der Waals surface area contributed by atoms with Crippen LogP contribution in [0.2, 0.25) is 0 Å². The highest BCUT2D eigenvalue weighted by atomic mass is 16.1. The predicted molar refractivity (Wildman–Crippen MR) is 168 cm³/mol. The fourth-order valence-electron chi connectivity index (χ4n) is 5.18. The smallest absolute Gasteiger partial charge is 0.201 e. The zero-order valence-corrected chi connectivity index (χ0v) is 25.8. The molecule has 0 spiro atoms. The molecule has 0 aromatic carbocycles. The Morgan fingerprint density at radius 3 is 1.27 bits per heavy atom. The van der Waals surface area contributed by atoms with Crippen molar-refractivity contribution in [2.24, 2.45) is 11.8 Å². The summed E-state index contributed by atoms with van der Waals surface area (Å²) in [7, 11) is 0. The number of allylic oxidation sites excluding steroid dienone is 4. The average Bonchev–Trinajstić information content (AvgIpc) is 2.89. The van der Waals surface area contributed by atoms with Crippen LogP contribution in [0.25, 0.3) is 0 Å². The molecular weight excluding hydrogens is 448 g/mol. The van der Waals surface area contributed by atoms with E-state index in [0.717, 1.165) is 25.2 Å². The van der Waals surface area contributed by atoms with Gasteiger partial charge in [0.25, 0.3) is 0 Å². The quantitative estimate of drug-likeness (QED) is 0.0686. The van der Waals surface area contributed by atoms with Gasteiger partial charge in [-0.25, -0.2) is 0 Å². The van der Waals surface area contributed by atoms with E-state index in [9.17, 15) is 4.79 Å². The van der Waals surface area contributed by atoms with E-state index in [1.807, 2.05) is 0 Å². The lowest BCUT2D eigenvalue weighted by Crippen LogP contribution is -2.02. The Balaban J connectivity index is 3.36. The summed E-state index contributed by atoms with van der Waals surface area (Å²) in [5, 5.41) is 0. The van der Waals surface area contributed by atoms with Crippen LogP contribution in [-0.2, 0) is 4.79 Å². The van der Waals surface area contributed by atoms with Crippen LogP contribution in [0.15, 0.2) is 24.3 Å². The molecule has 217 valence electrons. The Hall–Kier alpha value is -0.850. The number of unbranched alkanes of at least 4 members (excludes halogenated alkanes) is 19. The van der Waals surface area contributed by atoms with Gasteiger partial charge in [-0.3, -0.25) is 4.79 Å². The average molecular weight is 516 g/mol. The summed E-state index contributed by atoms with van der Waals surface area (Å²) in [6.07, 6.45) is 45.9. The van der Waals surface area contributed by atoms with Crippen molar-refractivity contribution in [3.05, 3.63) is 24.3 Å². The molecule has 0 fully saturated rings. The van der Waals surface area contributed by atoms with Gasteiger partial charge in [0, 0.05) is 5.92 Å². The van der Waals surface area contributed by atoms with E-state index < -0.39 is 0 Å². The first-order valence-corrected chi connectivity index (χ1v) is 16.9. The molecule has 0 bridgehead atoms. The molecule has 1 nitrogen and oxygen atoms in total. The second kappa shape index (κ2) is 31.4. The van der Waals surface area contributed by atoms with Crippen molar-refractivity contribution < 1.29 is 4.79 Å². The van der Waals surface area contributed by atoms with Crippen LogP contribution in [-0.4, -0.2) is 6.29 Å². The van der Waals surface area contributed by atoms with Gasteiger partial charge >= 0.3 is 0 Å². The Labute approximate surface area is 234 Å². The van der Waals surface area contributed by atoms with Gasteiger partial charge in [0.05, 0.1) is 0 Å². The van der Waals surface area contributed by atoms with Gasteiger partial charge in [-0.2, -0.15) is 0 Å². The molecule has 37 heavy (non-hydrogen) atoms. The van der Waals surface area contributed by atoms with Crippen LogP contribution < -0.4 is 0 Å². The molecule has 0 aliphatic heterocycles. The van der Waals surface area contributed by atoms with Crippen molar-refractivity contribution in [2.75, 3.05) is 0 Å². The lowest BCUT2D eigenvalue weighted by Gasteiger charge is -2.09. The Morgan fingerprint density at radius 2 is 0.865 bits per heavy atom. The molecule has 0 aromatic heterocycles. The van der Waals surface area contributed by atoms with Crippen molar-refractivity contribution >= 4 is 6.29 Å². The van der Waals surface area contributed by atoms with E-state index in [1.165, 1.54) is 148 Å². The Kier molecular flexibility index (Phi) is 30.6. The van der Waals surface area contributed by atoms with Crippen molar-refractivity contribution in [3.8, 4) is 0 Å². The minimum atomic E-state index is 0.189. The second-order valence-corrected chi connectivity index (χ2v) is 12.0. The van der Waals surface area contributed by atoms with E-state index in [0.29, 0.717) is 0 Å². The summed E-state index contributed by atoms with van der Waals surface area (Å²) < 4.78 is 0. The normalized spacial score (nSPS) is 12.9. The summed E-state index contributed by atoms with van der Waals surface area (Å²) in [5.41, 5.74) is 0. The molecule has 0 saturated carbocycles. The van der Waals surface area contributed by atoms with Crippen LogP contribution in [0, 0.1) is 11.8 Å². The van der Waals surface area contributed by atoms with Crippen molar-refractivity contribution in [2.45, 2.75) is 188 Å². The van der Waals surface area contributed by atoms with Gasteiger partial charge in [-0.1, -0.05) is 167 Å². The fourth-order valence-corrected chi connectivity index (χ4v) is 5.18. The van der Waals surface area contributed by atoms with Crippen LogP contribution in [0.5, 0.6) is 0 Å². The summed E-state index contributed by atoms with van der Waals surface area (Å²) in [5.74, 6) is 1.06. The highest BCUT2D eigenvalue weighted by Gasteiger charge is 2.07. The maximum atomic E-state index is 11.3. The Morgan fingerprint density at radius 1 is 0.486 bits per heavy atom. The van der Waals surface area contributed by atoms with Gasteiger partial charge in [-0.15, -0.1) is 0 Å². The van der Waals surface area contributed by atoms with E-state index in [4.69, 9.17) is 0 Å². The maximum Gasteiger partial charge on any atom is 0.201 e. The summed E-state index contributed by atoms with van der Waals surface area (Å²) in [6, 6.07) is 0. The zero-order valence-electron chi connectivity index (χ0n) is 25.8. The summed E-state index contributed by atoms with van der Waals surface area (Å²) in [6.45, 7) is 6.92. The van der Waals surface area contributed by atoms with Crippen LogP contribution in [0.1, 0.15) is 188 Å². The van der Waals surface area contributed by atoms with Crippen molar-refractivity contribution in [1.82, 2.24) is 0 Å². The molecule has 1 radical (unpaired) electrons. The molecule has 0 aliphatic rings. The molecule has 0 aromatic rings. The van der Waals surface area contributed by atoms with E-state index in [2.05, 4.69) is 51.4 Å². The van der Waals surface area contributed by atoms with Gasteiger partial charge < -0.3 is 0 Å². The van der Waals surface area contributed by atoms with Crippen LogP contribution in [0.3, 0.4) is 0 Å².